The Bertz CT molecular complexity index is 1390. The van der Waals surface area contributed by atoms with Gasteiger partial charge in [0.1, 0.15) is 11.5 Å². The van der Waals surface area contributed by atoms with Crippen LogP contribution >= 0.6 is 0 Å². The van der Waals surface area contributed by atoms with Crippen LogP contribution in [0.2, 0.25) is 0 Å². The van der Waals surface area contributed by atoms with Gasteiger partial charge in [0.2, 0.25) is 0 Å². The highest BCUT2D eigenvalue weighted by atomic mass is 19.2. The third kappa shape index (κ3) is 5.18. The lowest BCUT2D eigenvalue weighted by atomic mass is 9.94. The smallest absolute Gasteiger partial charge is 0.300 e. The Morgan fingerprint density at radius 3 is 2.34 bits per heavy atom. The van der Waals surface area contributed by atoms with Crippen LogP contribution in [-0.4, -0.2) is 35.6 Å². The van der Waals surface area contributed by atoms with Crippen LogP contribution in [0.5, 0.6) is 17.2 Å². The highest BCUT2D eigenvalue weighted by molar-refractivity contribution is 6.51. The van der Waals surface area contributed by atoms with Crippen molar-refractivity contribution in [1.29, 1.82) is 0 Å². The first kappa shape index (κ1) is 26.7. The molecule has 1 fully saturated rings. The zero-order chi connectivity index (χ0) is 27.4. The molecule has 38 heavy (non-hydrogen) atoms. The largest absolute Gasteiger partial charge is 0.507 e. The van der Waals surface area contributed by atoms with Gasteiger partial charge in [-0.2, -0.15) is 0 Å². The normalized spacial score (nSPS) is 16.6. The molecule has 3 aromatic carbocycles. The standard InChI is InChI=1S/C29H27F2NO6/c1-3-4-5-14-38-20-10-6-17(7-11-20)27(34)25-26(18-8-13-24(37-2)23(33)15-18)32(29(36)28(25)35)19-9-12-21(30)22(31)16-19/h6-13,15-16,26,33-34H,3-5,14H2,1-2H3/b27-25+. The lowest BCUT2D eigenvalue weighted by Crippen LogP contribution is -2.29. The summed E-state index contributed by atoms with van der Waals surface area (Å²) in [6.45, 7) is 2.63. The maximum Gasteiger partial charge on any atom is 0.300 e. The van der Waals surface area contributed by atoms with Crippen LogP contribution in [0.3, 0.4) is 0 Å². The number of rotatable bonds is 9. The maximum absolute atomic E-state index is 14.1. The van der Waals surface area contributed by atoms with Crippen molar-refractivity contribution in [2.24, 2.45) is 0 Å². The number of Topliss-reactive ketones (excluding diaryl/α,β-unsaturated/α-hetero) is 1. The van der Waals surface area contributed by atoms with Crippen molar-refractivity contribution >= 4 is 23.1 Å². The number of halogens is 2. The number of aliphatic hydroxyl groups is 1. The summed E-state index contributed by atoms with van der Waals surface area (Å²) in [5.74, 6) is -4.42. The van der Waals surface area contributed by atoms with E-state index in [1.807, 2.05) is 0 Å². The maximum atomic E-state index is 14.1. The van der Waals surface area contributed by atoms with E-state index in [-0.39, 0.29) is 33.9 Å². The van der Waals surface area contributed by atoms with Crippen molar-refractivity contribution in [2.45, 2.75) is 32.2 Å². The minimum absolute atomic E-state index is 0.0961. The van der Waals surface area contributed by atoms with E-state index < -0.39 is 35.1 Å². The van der Waals surface area contributed by atoms with Gasteiger partial charge < -0.3 is 19.7 Å². The minimum atomic E-state index is -1.25. The van der Waals surface area contributed by atoms with Crippen LogP contribution in [0.4, 0.5) is 14.5 Å². The van der Waals surface area contributed by atoms with Crippen LogP contribution in [0.1, 0.15) is 43.4 Å². The molecule has 0 spiro atoms. The average Bonchev–Trinajstić information content (AvgIpc) is 3.18. The van der Waals surface area contributed by atoms with Gasteiger partial charge in [0.15, 0.2) is 23.1 Å². The number of aromatic hydroxyl groups is 1. The molecule has 1 unspecified atom stereocenters. The van der Waals surface area contributed by atoms with Crippen molar-refractivity contribution in [3.63, 3.8) is 0 Å². The molecule has 1 heterocycles. The molecule has 1 atom stereocenters. The Hall–Kier alpha value is -4.40. The minimum Gasteiger partial charge on any atom is -0.507 e. The van der Waals surface area contributed by atoms with Gasteiger partial charge in [0.25, 0.3) is 11.7 Å². The summed E-state index contributed by atoms with van der Waals surface area (Å²) in [6.07, 6.45) is 3.00. The third-order valence-electron chi connectivity index (χ3n) is 6.29. The number of carbonyl (C=O) groups excluding carboxylic acids is 2. The molecule has 1 aliphatic heterocycles. The fraction of sp³-hybridized carbons (Fsp3) is 0.241. The SMILES string of the molecule is CCCCCOc1ccc(/C(O)=C2\C(=O)C(=O)N(c3ccc(F)c(F)c3)C2c2ccc(OC)c(O)c2)cc1. The number of methoxy groups -OCH3 is 1. The molecule has 0 aliphatic carbocycles. The van der Waals surface area contributed by atoms with Gasteiger partial charge in [-0.25, -0.2) is 8.78 Å². The number of benzene rings is 3. The van der Waals surface area contributed by atoms with Crippen molar-refractivity contribution in [3.05, 3.63) is 89.0 Å². The molecule has 1 aliphatic rings. The molecule has 0 radical (unpaired) electrons. The van der Waals surface area contributed by atoms with E-state index in [2.05, 4.69) is 6.92 Å². The Morgan fingerprint density at radius 2 is 1.71 bits per heavy atom. The number of hydrogen-bond acceptors (Lipinski definition) is 6. The molecule has 1 amide bonds. The van der Waals surface area contributed by atoms with E-state index in [0.29, 0.717) is 12.4 Å². The fourth-order valence-corrected chi connectivity index (χ4v) is 4.33. The summed E-state index contributed by atoms with van der Waals surface area (Å²) in [5, 5.41) is 21.6. The van der Waals surface area contributed by atoms with Crippen LogP contribution in [-0.2, 0) is 9.59 Å². The van der Waals surface area contributed by atoms with Gasteiger partial charge in [-0.1, -0.05) is 25.8 Å². The Labute approximate surface area is 218 Å². The van der Waals surface area contributed by atoms with Crippen molar-refractivity contribution in [3.8, 4) is 17.2 Å². The zero-order valence-electron chi connectivity index (χ0n) is 20.9. The summed E-state index contributed by atoms with van der Waals surface area (Å²) in [5.41, 5.74) is 0.115. The summed E-state index contributed by atoms with van der Waals surface area (Å²) < 4.78 is 38.5. The lowest BCUT2D eigenvalue weighted by Gasteiger charge is -2.26. The molecule has 4 rings (SSSR count). The van der Waals surface area contributed by atoms with Crippen molar-refractivity contribution < 1.29 is 38.1 Å². The first-order chi connectivity index (χ1) is 18.3. The van der Waals surface area contributed by atoms with Gasteiger partial charge in [-0.05, 0) is 60.5 Å². The van der Waals surface area contributed by atoms with E-state index in [1.165, 1.54) is 25.3 Å². The molecule has 0 aromatic heterocycles. The molecule has 2 N–H and O–H groups in total. The number of amides is 1. The molecule has 0 saturated carbocycles. The van der Waals surface area contributed by atoms with Crippen molar-refractivity contribution in [1.82, 2.24) is 0 Å². The summed E-state index contributed by atoms with van der Waals surface area (Å²) in [4.78, 5) is 27.4. The van der Waals surface area contributed by atoms with E-state index in [0.717, 1.165) is 42.4 Å². The first-order valence-electron chi connectivity index (χ1n) is 12.1. The zero-order valence-corrected chi connectivity index (χ0v) is 20.9. The van der Waals surface area contributed by atoms with Crippen molar-refractivity contribution in [2.75, 3.05) is 18.6 Å². The van der Waals surface area contributed by atoms with Crippen LogP contribution in [0.15, 0.2) is 66.2 Å². The first-order valence-corrected chi connectivity index (χ1v) is 12.1. The van der Waals surface area contributed by atoms with Gasteiger partial charge in [0, 0.05) is 17.3 Å². The Balaban J connectivity index is 1.80. The second-order valence-corrected chi connectivity index (χ2v) is 8.78. The Morgan fingerprint density at radius 1 is 0.974 bits per heavy atom. The molecule has 198 valence electrons. The van der Waals surface area contributed by atoms with Crippen LogP contribution < -0.4 is 14.4 Å². The molecule has 9 heteroatoms. The fourth-order valence-electron chi connectivity index (χ4n) is 4.33. The number of phenols is 1. The highest BCUT2D eigenvalue weighted by Crippen LogP contribution is 2.44. The van der Waals surface area contributed by atoms with Crippen LogP contribution in [0.25, 0.3) is 5.76 Å². The quantitative estimate of drug-likeness (QED) is 0.158. The van der Waals surface area contributed by atoms with E-state index >= 15 is 0 Å². The van der Waals surface area contributed by atoms with Gasteiger partial charge in [0.05, 0.1) is 25.3 Å². The molecule has 3 aromatic rings. The number of nitrogens with zero attached hydrogens (tertiary/aromatic N) is 1. The predicted molar refractivity (Wildman–Crippen MR) is 137 cm³/mol. The third-order valence-corrected chi connectivity index (χ3v) is 6.29. The van der Waals surface area contributed by atoms with E-state index in [9.17, 15) is 28.6 Å². The second kappa shape index (κ2) is 11.3. The summed E-state index contributed by atoms with van der Waals surface area (Å²) >= 11 is 0. The van der Waals surface area contributed by atoms with Gasteiger partial charge >= 0.3 is 0 Å². The lowest BCUT2D eigenvalue weighted by molar-refractivity contribution is -0.132. The van der Waals surface area contributed by atoms with Gasteiger partial charge in [-0.15, -0.1) is 0 Å². The second-order valence-electron chi connectivity index (χ2n) is 8.78. The van der Waals surface area contributed by atoms with E-state index in [4.69, 9.17) is 9.47 Å². The number of unbranched alkanes of at least 4 members (excludes halogenated alkanes) is 2. The molecule has 1 saturated heterocycles. The van der Waals surface area contributed by atoms with E-state index in [1.54, 1.807) is 24.3 Å². The molecule has 7 nitrogen and oxygen atoms in total. The average molecular weight is 524 g/mol. The predicted octanol–water partition coefficient (Wildman–Crippen LogP) is 5.87. The number of aliphatic hydroxyl groups excluding tert-OH is 1. The topological polar surface area (TPSA) is 96.3 Å². The number of anilines is 1. The number of ketones is 1. The molecular formula is C29H27F2NO6. The highest BCUT2D eigenvalue weighted by Gasteiger charge is 2.47. The van der Waals surface area contributed by atoms with Crippen LogP contribution in [0, 0.1) is 11.6 Å². The number of hydrogen-bond donors (Lipinski definition) is 2. The number of ether oxygens (including phenoxy) is 2. The number of phenolic OH excluding ortho intramolecular Hbond substituents is 1. The molecule has 0 bridgehead atoms. The molecular weight excluding hydrogens is 496 g/mol. The monoisotopic (exact) mass is 523 g/mol. The number of carbonyl (C=O) groups is 2. The summed E-state index contributed by atoms with van der Waals surface area (Å²) in [7, 11) is 1.36. The van der Waals surface area contributed by atoms with Gasteiger partial charge in [-0.3, -0.25) is 14.5 Å². The summed E-state index contributed by atoms with van der Waals surface area (Å²) in [6, 6.07) is 12.1. The Kier molecular flexibility index (Phi) is 7.95.